The number of anilines is 1. The molecule has 0 atom stereocenters. The Morgan fingerprint density at radius 1 is 1.06 bits per heavy atom. The van der Waals surface area contributed by atoms with E-state index in [0.717, 1.165) is 5.56 Å². The highest BCUT2D eigenvalue weighted by Crippen LogP contribution is 2.32. The number of ether oxygens (including phenoxy) is 1. The topological polar surface area (TPSA) is 75.7 Å². The number of phenolic OH excluding ortho intramolecular Hbond substituents is 2. The Morgan fingerprint density at radius 2 is 1.82 bits per heavy atom. The third kappa shape index (κ3) is 2.42. The van der Waals surface area contributed by atoms with Gasteiger partial charge in [0.15, 0.2) is 5.75 Å². The molecule has 0 bridgehead atoms. The largest absolute Gasteiger partial charge is 0.508 e. The molecule has 0 amide bonds. The van der Waals surface area contributed by atoms with Crippen LogP contribution in [0.2, 0.25) is 0 Å². The van der Waals surface area contributed by atoms with Gasteiger partial charge in [-0.15, -0.1) is 0 Å². The van der Waals surface area contributed by atoms with Gasteiger partial charge in [0, 0.05) is 12.1 Å². The fourth-order valence-corrected chi connectivity index (χ4v) is 1.39. The maximum Gasteiger partial charge on any atom is 0.153 e. The van der Waals surface area contributed by atoms with E-state index in [9.17, 15) is 10.2 Å². The number of hydrogen-bond donors (Lipinski definition) is 3. The molecular formula is C13H13NO3. The van der Waals surface area contributed by atoms with Gasteiger partial charge >= 0.3 is 0 Å². The van der Waals surface area contributed by atoms with Crippen molar-refractivity contribution in [2.45, 2.75) is 6.92 Å². The zero-order valence-electron chi connectivity index (χ0n) is 9.34. The van der Waals surface area contributed by atoms with Crippen molar-refractivity contribution in [3.05, 3.63) is 42.0 Å². The predicted molar refractivity (Wildman–Crippen MR) is 65.4 cm³/mol. The number of phenols is 2. The predicted octanol–water partition coefficient (Wildman–Crippen LogP) is 2.78. The van der Waals surface area contributed by atoms with Gasteiger partial charge in [-0.1, -0.05) is 6.07 Å². The second kappa shape index (κ2) is 4.25. The van der Waals surface area contributed by atoms with Crippen LogP contribution in [0.15, 0.2) is 36.4 Å². The number of aromatic hydroxyl groups is 2. The fraction of sp³-hybridized carbons (Fsp3) is 0.0769. The molecule has 4 nitrogen and oxygen atoms in total. The van der Waals surface area contributed by atoms with Gasteiger partial charge in [-0.2, -0.15) is 0 Å². The molecule has 0 radical (unpaired) electrons. The highest BCUT2D eigenvalue weighted by molar-refractivity contribution is 5.57. The summed E-state index contributed by atoms with van der Waals surface area (Å²) in [6, 6.07) is 9.42. The number of benzene rings is 2. The molecule has 88 valence electrons. The van der Waals surface area contributed by atoms with E-state index in [0.29, 0.717) is 17.2 Å². The number of hydrogen-bond acceptors (Lipinski definition) is 4. The van der Waals surface area contributed by atoms with Crippen LogP contribution in [0.5, 0.6) is 23.0 Å². The summed E-state index contributed by atoms with van der Waals surface area (Å²) >= 11 is 0. The lowest BCUT2D eigenvalue weighted by molar-refractivity contribution is 0.445. The van der Waals surface area contributed by atoms with Gasteiger partial charge in [0.1, 0.15) is 17.2 Å². The van der Waals surface area contributed by atoms with Crippen molar-refractivity contribution >= 4 is 5.69 Å². The first kappa shape index (κ1) is 11.1. The van der Waals surface area contributed by atoms with Gasteiger partial charge in [-0.05, 0) is 30.7 Å². The lowest BCUT2D eigenvalue weighted by atomic mass is 10.2. The van der Waals surface area contributed by atoms with Gasteiger partial charge in [-0.25, -0.2) is 0 Å². The monoisotopic (exact) mass is 231 g/mol. The summed E-state index contributed by atoms with van der Waals surface area (Å²) in [4.78, 5) is 0. The third-order valence-electron chi connectivity index (χ3n) is 2.41. The second-order valence-electron chi connectivity index (χ2n) is 3.77. The highest BCUT2D eigenvalue weighted by Gasteiger charge is 2.05. The lowest BCUT2D eigenvalue weighted by Gasteiger charge is -2.09. The van der Waals surface area contributed by atoms with E-state index in [1.807, 2.05) is 0 Å². The van der Waals surface area contributed by atoms with E-state index in [4.69, 9.17) is 10.5 Å². The zero-order valence-corrected chi connectivity index (χ0v) is 9.34. The Balaban J connectivity index is 2.31. The Bertz CT molecular complexity index is 552. The quantitative estimate of drug-likeness (QED) is 0.548. The Labute approximate surface area is 98.9 Å². The Kier molecular flexibility index (Phi) is 2.78. The maximum atomic E-state index is 9.54. The molecular weight excluding hydrogens is 218 g/mol. The van der Waals surface area contributed by atoms with E-state index < -0.39 is 0 Å². The van der Waals surface area contributed by atoms with Gasteiger partial charge in [0.05, 0.1) is 5.69 Å². The molecule has 0 aromatic heterocycles. The molecule has 0 unspecified atom stereocenters. The Morgan fingerprint density at radius 3 is 2.53 bits per heavy atom. The van der Waals surface area contributed by atoms with Crippen LogP contribution < -0.4 is 10.5 Å². The molecule has 2 aromatic carbocycles. The molecule has 2 aromatic rings. The lowest BCUT2D eigenvalue weighted by Crippen LogP contribution is -1.91. The summed E-state index contributed by atoms with van der Waals surface area (Å²) in [6.45, 7) is 1.79. The van der Waals surface area contributed by atoms with E-state index >= 15 is 0 Å². The molecule has 0 heterocycles. The molecule has 0 aliphatic rings. The molecule has 0 aliphatic carbocycles. The van der Waals surface area contributed by atoms with Gasteiger partial charge in [0.2, 0.25) is 0 Å². The normalized spacial score (nSPS) is 10.2. The fourth-order valence-electron chi connectivity index (χ4n) is 1.39. The van der Waals surface area contributed by atoms with Crippen LogP contribution in [0.3, 0.4) is 0 Å². The Hall–Kier alpha value is -2.36. The smallest absolute Gasteiger partial charge is 0.153 e. The van der Waals surface area contributed by atoms with Crippen molar-refractivity contribution in [2.24, 2.45) is 0 Å². The number of nitrogens with two attached hydrogens (primary N) is 1. The summed E-state index contributed by atoms with van der Waals surface area (Å²) in [6.07, 6.45) is 0. The highest BCUT2D eigenvalue weighted by atomic mass is 16.5. The van der Waals surface area contributed by atoms with Crippen LogP contribution in [-0.2, 0) is 0 Å². The minimum absolute atomic E-state index is 0.0746. The summed E-state index contributed by atoms with van der Waals surface area (Å²) in [5.74, 6) is 1.05. The van der Waals surface area contributed by atoms with Crippen LogP contribution in [0.4, 0.5) is 5.69 Å². The molecule has 17 heavy (non-hydrogen) atoms. The van der Waals surface area contributed by atoms with Crippen molar-refractivity contribution < 1.29 is 14.9 Å². The van der Waals surface area contributed by atoms with Crippen LogP contribution in [-0.4, -0.2) is 10.2 Å². The van der Waals surface area contributed by atoms with Crippen molar-refractivity contribution in [3.63, 3.8) is 0 Å². The molecule has 0 saturated carbocycles. The first-order chi connectivity index (χ1) is 8.06. The average molecular weight is 231 g/mol. The summed E-state index contributed by atoms with van der Waals surface area (Å²) in [5.41, 5.74) is 6.89. The maximum absolute atomic E-state index is 9.54. The summed E-state index contributed by atoms with van der Waals surface area (Å²) in [7, 11) is 0. The average Bonchev–Trinajstić information content (AvgIpc) is 2.29. The molecule has 2 rings (SSSR count). The van der Waals surface area contributed by atoms with E-state index in [2.05, 4.69) is 0 Å². The SMILES string of the molecule is Cc1ccc(Oc2cc(O)ccc2N)cc1O. The van der Waals surface area contributed by atoms with Crippen molar-refractivity contribution in [2.75, 3.05) is 5.73 Å². The van der Waals surface area contributed by atoms with Crippen molar-refractivity contribution in [1.29, 1.82) is 0 Å². The molecule has 4 N–H and O–H groups in total. The molecule has 0 aliphatic heterocycles. The number of rotatable bonds is 2. The zero-order chi connectivity index (χ0) is 12.4. The van der Waals surface area contributed by atoms with E-state index in [1.165, 1.54) is 18.2 Å². The van der Waals surface area contributed by atoms with Crippen LogP contribution in [0.25, 0.3) is 0 Å². The van der Waals surface area contributed by atoms with Crippen LogP contribution >= 0.6 is 0 Å². The van der Waals surface area contributed by atoms with Gasteiger partial charge < -0.3 is 20.7 Å². The van der Waals surface area contributed by atoms with E-state index in [1.54, 1.807) is 25.1 Å². The van der Waals surface area contributed by atoms with Crippen molar-refractivity contribution in [1.82, 2.24) is 0 Å². The number of aryl methyl sites for hydroxylation is 1. The first-order valence-corrected chi connectivity index (χ1v) is 5.12. The first-order valence-electron chi connectivity index (χ1n) is 5.12. The minimum atomic E-state index is 0.0746. The van der Waals surface area contributed by atoms with Crippen LogP contribution in [0, 0.1) is 6.92 Å². The molecule has 0 saturated heterocycles. The number of nitrogen functional groups attached to an aromatic ring is 1. The molecule has 4 heteroatoms. The molecule has 0 spiro atoms. The van der Waals surface area contributed by atoms with Gasteiger partial charge in [-0.3, -0.25) is 0 Å². The van der Waals surface area contributed by atoms with Gasteiger partial charge in [0.25, 0.3) is 0 Å². The summed E-state index contributed by atoms with van der Waals surface area (Å²) < 4.78 is 5.48. The minimum Gasteiger partial charge on any atom is -0.508 e. The summed E-state index contributed by atoms with van der Waals surface area (Å²) in [5, 5.41) is 18.9. The van der Waals surface area contributed by atoms with Crippen molar-refractivity contribution in [3.8, 4) is 23.0 Å². The molecule has 0 fully saturated rings. The second-order valence-corrected chi connectivity index (χ2v) is 3.77. The van der Waals surface area contributed by atoms with E-state index in [-0.39, 0.29) is 11.5 Å². The standard InChI is InChI=1S/C13H13NO3/c1-8-2-4-10(7-12(8)16)17-13-6-9(15)3-5-11(13)14/h2-7,15-16H,14H2,1H3. The van der Waals surface area contributed by atoms with Crippen LogP contribution in [0.1, 0.15) is 5.56 Å². The third-order valence-corrected chi connectivity index (χ3v) is 2.41.